The van der Waals surface area contributed by atoms with Crippen molar-refractivity contribution in [2.45, 2.75) is 51.1 Å². The Kier molecular flexibility index (Phi) is 4.93. The Labute approximate surface area is 96.0 Å². The van der Waals surface area contributed by atoms with Gasteiger partial charge in [-0.25, -0.2) is 0 Å². The molecule has 1 rings (SSSR count). The summed E-state index contributed by atoms with van der Waals surface area (Å²) in [5.41, 5.74) is -0.655. The van der Waals surface area contributed by atoms with E-state index >= 15 is 0 Å². The molecule has 1 fully saturated rings. The maximum absolute atomic E-state index is 11.3. The minimum atomic E-state index is -0.684. The van der Waals surface area contributed by atoms with E-state index in [1.165, 1.54) is 6.42 Å². The maximum atomic E-state index is 11.3. The molecule has 4 heteroatoms. The summed E-state index contributed by atoms with van der Waals surface area (Å²) in [4.78, 5) is 11.3. The third-order valence-electron chi connectivity index (χ3n) is 2.94. The zero-order valence-corrected chi connectivity index (χ0v) is 10.4. The molecule has 1 aliphatic heterocycles. The van der Waals surface area contributed by atoms with Crippen LogP contribution in [0.2, 0.25) is 0 Å². The van der Waals surface area contributed by atoms with Gasteiger partial charge in [0.1, 0.15) is 5.54 Å². The first-order valence-corrected chi connectivity index (χ1v) is 6.85. The molecule has 1 aliphatic rings. The molecular formula is C11H21NO2S. The van der Waals surface area contributed by atoms with Crippen LogP contribution in [-0.2, 0) is 4.79 Å². The van der Waals surface area contributed by atoms with E-state index in [1.807, 2.05) is 0 Å². The second-order valence-electron chi connectivity index (χ2n) is 4.38. The van der Waals surface area contributed by atoms with Gasteiger partial charge < -0.3 is 5.11 Å². The number of aliphatic carboxylic acids is 1. The molecule has 0 spiro atoms. The number of carboxylic acid groups (broad SMARTS) is 1. The van der Waals surface area contributed by atoms with Crippen molar-refractivity contribution in [3.63, 3.8) is 0 Å². The fourth-order valence-corrected chi connectivity index (χ4v) is 3.30. The summed E-state index contributed by atoms with van der Waals surface area (Å²) in [6.45, 7) is 4.24. The quantitative estimate of drug-likeness (QED) is 0.735. The zero-order chi connectivity index (χ0) is 11.3. The molecule has 0 aromatic rings. The normalized spacial score (nSPS) is 27.9. The number of hydrogen-bond donors (Lipinski definition) is 2. The minimum Gasteiger partial charge on any atom is -0.480 e. The molecule has 0 bridgehead atoms. The minimum absolute atomic E-state index is 0.305. The molecule has 15 heavy (non-hydrogen) atoms. The standard InChI is InChI=1S/C11H21NO2S/c1-3-4-5-9(2)12-11(10(13)14)6-7-15-8-11/h9,12H,3-8H2,1-2H3,(H,13,14). The molecule has 0 aromatic carbocycles. The number of nitrogens with one attached hydrogen (secondary N) is 1. The van der Waals surface area contributed by atoms with Gasteiger partial charge in [-0.2, -0.15) is 11.8 Å². The Morgan fingerprint density at radius 1 is 1.67 bits per heavy atom. The van der Waals surface area contributed by atoms with Crippen LogP contribution in [0.15, 0.2) is 0 Å². The van der Waals surface area contributed by atoms with Crippen LogP contribution in [0.4, 0.5) is 0 Å². The lowest BCUT2D eigenvalue weighted by Crippen LogP contribution is -2.55. The molecule has 3 nitrogen and oxygen atoms in total. The fraction of sp³-hybridized carbons (Fsp3) is 0.909. The monoisotopic (exact) mass is 231 g/mol. The largest absolute Gasteiger partial charge is 0.480 e. The first-order valence-electron chi connectivity index (χ1n) is 5.69. The number of unbranched alkanes of at least 4 members (excludes halogenated alkanes) is 1. The van der Waals surface area contributed by atoms with Crippen molar-refractivity contribution >= 4 is 17.7 Å². The van der Waals surface area contributed by atoms with Crippen LogP contribution in [0, 0.1) is 0 Å². The topological polar surface area (TPSA) is 49.3 Å². The van der Waals surface area contributed by atoms with E-state index in [0.29, 0.717) is 11.8 Å². The number of carboxylic acids is 1. The van der Waals surface area contributed by atoms with Gasteiger partial charge in [-0.15, -0.1) is 0 Å². The number of carbonyl (C=O) groups is 1. The average Bonchev–Trinajstić information content (AvgIpc) is 2.64. The van der Waals surface area contributed by atoms with Gasteiger partial charge in [0.2, 0.25) is 0 Å². The molecule has 1 heterocycles. The second-order valence-corrected chi connectivity index (χ2v) is 5.48. The van der Waals surface area contributed by atoms with Crippen molar-refractivity contribution < 1.29 is 9.90 Å². The molecule has 0 aromatic heterocycles. The summed E-state index contributed by atoms with van der Waals surface area (Å²) in [5, 5.41) is 12.6. The molecule has 2 atom stereocenters. The first-order chi connectivity index (χ1) is 7.10. The van der Waals surface area contributed by atoms with Gasteiger partial charge in [-0.3, -0.25) is 10.1 Å². The van der Waals surface area contributed by atoms with Crippen molar-refractivity contribution in [2.75, 3.05) is 11.5 Å². The van der Waals surface area contributed by atoms with Gasteiger partial charge in [0.25, 0.3) is 0 Å². The molecular weight excluding hydrogens is 210 g/mol. The number of rotatable bonds is 6. The SMILES string of the molecule is CCCCC(C)NC1(C(=O)O)CCSC1. The third kappa shape index (κ3) is 3.38. The van der Waals surface area contributed by atoms with Crippen LogP contribution >= 0.6 is 11.8 Å². The van der Waals surface area contributed by atoms with Crippen molar-refractivity contribution in [3.05, 3.63) is 0 Å². The van der Waals surface area contributed by atoms with Gasteiger partial charge >= 0.3 is 5.97 Å². The Balaban J connectivity index is 2.48. The number of thioether (sulfide) groups is 1. The summed E-state index contributed by atoms with van der Waals surface area (Å²) >= 11 is 1.73. The van der Waals surface area contributed by atoms with E-state index in [9.17, 15) is 9.90 Å². The molecule has 2 unspecified atom stereocenters. The van der Waals surface area contributed by atoms with Crippen LogP contribution in [0.5, 0.6) is 0 Å². The fourth-order valence-electron chi connectivity index (χ4n) is 1.96. The van der Waals surface area contributed by atoms with E-state index in [-0.39, 0.29) is 0 Å². The van der Waals surface area contributed by atoms with Crippen LogP contribution in [0.25, 0.3) is 0 Å². The molecule has 88 valence electrons. The summed E-state index contributed by atoms with van der Waals surface area (Å²) < 4.78 is 0. The van der Waals surface area contributed by atoms with E-state index in [1.54, 1.807) is 11.8 Å². The Bertz CT molecular complexity index is 215. The molecule has 0 aliphatic carbocycles. The van der Waals surface area contributed by atoms with E-state index in [4.69, 9.17) is 0 Å². The Hall–Kier alpha value is -0.220. The highest BCUT2D eigenvalue weighted by atomic mass is 32.2. The van der Waals surface area contributed by atoms with Gasteiger partial charge in [0.15, 0.2) is 0 Å². The van der Waals surface area contributed by atoms with Crippen LogP contribution in [0.1, 0.15) is 39.5 Å². The van der Waals surface area contributed by atoms with Gasteiger partial charge in [-0.1, -0.05) is 19.8 Å². The predicted molar refractivity (Wildman–Crippen MR) is 64.4 cm³/mol. The molecule has 0 amide bonds. The molecule has 0 radical (unpaired) electrons. The van der Waals surface area contributed by atoms with Crippen molar-refractivity contribution in [3.8, 4) is 0 Å². The third-order valence-corrected chi connectivity index (χ3v) is 4.13. The lowest BCUT2D eigenvalue weighted by atomic mass is 9.97. The summed E-state index contributed by atoms with van der Waals surface area (Å²) in [5.74, 6) is 0.981. The van der Waals surface area contributed by atoms with Gasteiger partial charge in [-0.05, 0) is 25.5 Å². The first kappa shape index (κ1) is 12.8. The molecule has 1 saturated heterocycles. The number of hydrogen-bond acceptors (Lipinski definition) is 3. The van der Waals surface area contributed by atoms with E-state index in [0.717, 1.165) is 25.0 Å². The highest BCUT2D eigenvalue weighted by Gasteiger charge is 2.42. The lowest BCUT2D eigenvalue weighted by Gasteiger charge is -2.28. The summed E-state index contributed by atoms with van der Waals surface area (Å²) in [6.07, 6.45) is 4.15. The Morgan fingerprint density at radius 3 is 2.87 bits per heavy atom. The Morgan fingerprint density at radius 2 is 2.40 bits per heavy atom. The summed E-state index contributed by atoms with van der Waals surface area (Å²) in [6, 6.07) is 0.305. The van der Waals surface area contributed by atoms with Crippen molar-refractivity contribution in [1.82, 2.24) is 5.32 Å². The molecule has 2 N–H and O–H groups in total. The van der Waals surface area contributed by atoms with Gasteiger partial charge in [0, 0.05) is 11.8 Å². The van der Waals surface area contributed by atoms with E-state index < -0.39 is 11.5 Å². The maximum Gasteiger partial charge on any atom is 0.324 e. The van der Waals surface area contributed by atoms with Gasteiger partial charge in [0.05, 0.1) is 0 Å². The van der Waals surface area contributed by atoms with Crippen LogP contribution in [0.3, 0.4) is 0 Å². The highest BCUT2D eigenvalue weighted by molar-refractivity contribution is 7.99. The highest BCUT2D eigenvalue weighted by Crippen LogP contribution is 2.29. The molecule has 0 saturated carbocycles. The van der Waals surface area contributed by atoms with E-state index in [2.05, 4.69) is 19.2 Å². The van der Waals surface area contributed by atoms with Crippen LogP contribution in [-0.4, -0.2) is 34.2 Å². The van der Waals surface area contributed by atoms with Crippen molar-refractivity contribution in [2.24, 2.45) is 0 Å². The average molecular weight is 231 g/mol. The smallest absolute Gasteiger partial charge is 0.324 e. The lowest BCUT2D eigenvalue weighted by molar-refractivity contribution is -0.144. The summed E-state index contributed by atoms with van der Waals surface area (Å²) in [7, 11) is 0. The van der Waals surface area contributed by atoms with Crippen molar-refractivity contribution in [1.29, 1.82) is 0 Å². The van der Waals surface area contributed by atoms with Crippen LogP contribution < -0.4 is 5.32 Å². The second kappa shape index (κ2) is 5.75. The predicted octanol–water partition coefficient (Wildman–Crippen LogP) is 2.12. The zero-order valence-electron chi connectivity index (χ0n) is 9.58.